The number of carbonyl (C=O) groups excluding carboxylic acids is 1. The summed E-state index contributed by atoms with van der Waals surface area (Å²) in [5.41, 5.74) is 2.66. The summed E-state index contributed by atoms with van der Waals surface area (Å²) >= 11 is 0. The molecular formula is C28H52O2. The number of carbonyl (C=O) groups is 1. The molecule has 0 unspecified atom stereocenters. The Morgan fingerprint density at radius 1 is 0.633 bits per heavy atom. The summed E-state index contributed by atoms with van der Waals surface area (Å²) < 4.78 is 5.33. The number of esters is 1. The van der Waals surface area contributed by atoms with Crippen LogP contribution < -0.4 is 0 Å². The van der Waals surface area contributed by atoms with E-state index in [1.807, 2.05) is 6.08 Å². The number of hydrogen-bond acceptors (Lipinski definition) is 2. The molecule has 0 aliphatic rings. The third kappa shape index (κ3) is 23.2. The van der Waals surface area contributed by atoms with Crippen LogP contribution in [0, 0.1) is 0 Å². The van der Waals surface area contributed by atoms with Crippen molar-refractivity contribution in [1.82, 2.24) is 0 Å². The quantitative estimate of drug-likeness (QED) is 0.105. The molecule has 0 aromatic carbocycles. The summed E-state index contributed by atoms with van der Waals surface area (Å²) in [4.78, 5) is 11.8. The second kappa shape index (κ2) is 22.6. The fourth-order valence-corrected chi connectivity index (χ4v) is 3.68. The van der Waals surface area contributed by atoms with Crippen LogP contribution in [0.4, 0.5) is 0 Å². The van der Waals surface area contributed by atoms with E-state index in [1.165, 1.54) is 94.6 Å². The summed E-state index contributed by atoms with van der Waals surface area (Å²) in [6.45, 7) is 9.07. The van der Waals surface area contributed by atoms with Gasteiger partial charge in [-0.15, -0.1) is 0 Å². The van der Waals surface area contributed by atoms with Gasteiger partial charge in [0.25, 0.3) is 0 Å². The molecule has 30 heavy (non-hydrogen) atoms. The van der Waals surface area contributed by atoms with Crippen LogP contribution >= 0.6 is 0 Å². The van der Waals surface area contributed by atoms with Gasteiger partial charge >= 0.3 is 5.97 Å². The zero-order valence-electron chi connectivity index (χ0n) is 20.9. The second-order valence-electron chi connectivity index (χ2n) is 9.25. The van der Waals surface area contributed by atoms with Gasteiger partial charge < -0.3 is 4.74 Å². The molecule has 0 aliphatic carbocycles. The van der Waals surface area contributed by atoms with E-state index in [-0.39, 0.29) is 5.97 Å². The van der Waals surface area contributed by atoms with E-state index in [1.54, 1.807) is 0 Å². The highest BCUT2D eigenvalue weighted by Gasteiger charge is 2.02. The van der Waals surface area contributed by atoms with Gasteiger partial charge in [0.2, 0.25) is 0 Å². The highest BCUT2D eigenvalue weighted by Crippen LogP contribution is 2.14. The largest absolute Gasteiger partial charge is 0.461 e. The van der Waals surface area contributed by atoms with Gasteiger partial charge in [0.15, 0.2) is 0 Å². The molecule has 0 bridgehead atoms. The van der Waals surface area contributed by atoms with Gasteiger partial charge in [-0.2, -0.15) is 0 Å². The lowest BCUT2D eigenvalue weighted by Crippen LogP contribution is -2.04. The zero-order valence-corrected chi connectivity index (χ0v) is 20.9. The Bertz CT molecular complexity index is 444. The van der Waals surface area contributed by atoms with E-state index in [0.717, 1.165) is 25.7 Å². The Morgan fingerprint density at radius 2 is 1.10 bits per heavy atom. The molecule has 0 saturated heterocycles. The fourth-order valence-electron chi connectivity index (χ4n) is 3.68. The molecule has 0 heterocycles. The van der Waals surface area contributed by atoms with Crippen molar-refractivity contribution in [1.29, 1.82) is 0 Å². The van der Waals surface area contributed by atoms with Crippen molar-refractivity contribution in [2.75, 3.05) is 6.61 Å². The van der Waals surface area contributed by atoms with Crippen molar-refractivity contribution in [2.24, 2.45) is 0 Å². The first-order chi connectivity index (χ1) is 14.6. The van der Waals surface area contributed by atoms with Crippen LogP contribution in [-0.4, -0.2) is 12.6 Å². The zero-order chi connectivity index (χ0) is 22.3. The van der Waals surface area contributed by atoms with Gasteiger partial charge in [0.05, 0.1) is 0 Å². The van der Waals surface area contributed by atoms with Crippen LogP contribution in [0.15, 0.2) is 23.3 Å². The van der Waals surface area contributed by atoms with E-state index >= 15 is 0 Å². The van der Waals surface area contributed by atoms with E-state index in [2.05, 4.69) is 33.8 Å². The first kappa shape index (κ1) is 28.9. The molecule has 0 spiro atoms. The van der Waals surface area contributed by atoms with Crippen LogP contribution in [0.3, 0.4) is 0 Å². The predicted molar refractivity (Wildman–Crippen MR) is 133 cm³/mol. The lowest BCUT2D eigenvalue weighted by Gasteiger charge is -2.04. The molecule has 0 amide bonds. The minimum absolute atomic E-state index is 0.0435. The molecule has 0 N–H and O–H groups in total. The van der Waals surface area contributed by atoms with Gasteiger partial charge in [0.1, 0.15) is 6.61 Å². The predicted octanol–water partition coefficient (Wildman–Crippen LogP) is 9.48. The average Bonchev–Trinajstić information content (AvgIpc) is 2.70. The Kier molecular flexibility index (Phi) is 21.8. The summed E-state index contributed by atoms with van der Waals surface area (Å²) in [6, 6.07) is 0. The molecule has 0 fully saturated rings. The SMILES string of the molecule is CCCCCCCCCCCCCCCCCC(=O)OC/C=C(\C)CCC=C(C)C. The first-order valence-electron chi connectivity index (χ1n) is 13.0. The van der Waals surface area contributed by atoms with Crippen molar-refractivity contribution >= 4 is 5.97 Å². The molecule has 0 radical (unpaired) electrons. The minimum atomic E-state index is -0.0435. The lowest BCUT2D eigenvalue weighted by molar-refractivity contribution is -0.142. The molecule has 0 aromatic rings. The van der Waals surface area contributed by atoms with E-state index < -0.39 is 0 Å². The summed E-state index contributed by atoms with van der Waals surface area (Å²) in [7, 11) is 0. The first-order valence-corrected chi connectivity index (χ1v) is 13.0. The highest BCUT2D eigenvalue weighted by atomic mass is 16.5. The highest BCUT2D eigenvalue weighted by molar-refractivity contribution is 5.69. The van der Waals surface area contributed by atoms with Crippen LogP contribution in [-0.2, 0) is 9.53 Å². The van der Waals surface area contributed by atoms with E-state index in [4.69, 9.17) is 4.74 Å². The van der Waals surface area contributed by atoms with Gasteiger partial charge in [0, 0.05) is 6.42 Å². The topological polar surface area (TPSA) is 26.3 Å². The van der Waals surface area contributed by atoms with Crippen molar-refractivity contribution in [3.63, 3.8) is 0 Å². The molecule has 0 aliphatic heterocycles. The van der Waals surface area contributed by atoms with Crippen LogP contribution in [0.2, 0.25) is 0 Å². The Labute approximate surface area is 188 Å². The van der Waals surface area contributed by atoms with E-state index in [0.29, 0.717) is 13.0 Å². The lowest BCUT2D eigenvalue weighted by atomic mass is 10.0. The van der Waals surface area contributed by atoms with Gasteiger partial charge in [-0.25, -0.2) is 0 Å². The Morgan fingerprint density at radius 3 is 1.57 bits per heavy atom. The maximum atomic E-state index is 11.8. The van der Waals surface area contributed by atoms with Gasteiger partial charge in [-0.05, 0) is 46.1 Å². The molecule has 176 valence electrons. The summed E-state index contributed by atoms with van der Waals surface area (Å²) in [5.74, 6) is -0.0435. The van der Waals surface area contributed by atoms with Crippen molar-refractivity contribution < 1.29 is 9.53 Å². The average molecular weight is 421 g/mol. The molecular weight excluding hydrogens is 368 g/mol. The van der Waals surface area contributed by atoms with Gasteiger partial charge in [-0.1, -0.05) is 114 Å². The second-order valence-corrected chi connectivity index (χ2v) is 9.25. The fraction of sp³-hybridized carbons (Fsp3) is 0.821. The number of ether oxygens (including phenoxy) is 1. The number of allylic oxidation sites excluding steroid dienone is 3. The van der Waals surface area contributed by atoms with Crippen molar-refractivity contribution in [2.45, 2.75) is 143 Å². The minimum Gasteiger partial charge on any atom is -0.461 e. The maximum absolute atomic E-state index is 11.8. The standard InChI is InChI=1S/C28H52O2/c1-5-6-7-8-9-10-11-12-13-14-15-16-17-18-19-23-28(29)30-25-24-27(4)22-20-21-26(2)3/h21,24H,5-20,22-23,25H2,1-4H3/b27-24+. The number of unbranched alkanes of at least 4 members (excludes halogenated alkanes) is 14. The maximum Gasteiger partial charge on any atom is 0.306 e. The van der Waals surface area contributed by atoms with Crippen LogP contribution in [0.1, 0.15) is 143 Å². The number of hydrogen-bond donors (Lipinski definition) is 0. The van der Waals surface area contributed by atoms with Crippen molar-refractivity contribution in [3.8, 4) is 0 Å². The normalized spacial score (nSPS) is 11.5. The van der Waals surface area contributed by atoms with Crippen LogP contribution in [0.25, 0.3) is 0 Å². The molecule has 0 rings (SSSR count). The van der Waals surface area contributed by atoms with Crippen LogP contribution in [0.5, 0.6) is 0 Å². The Balaban J connectivity index is 3.34. The summed E-state index contributed by atoms with van der Waals surface area (Å²) in [5, 5.41) is 0. The monoisotopic (exact) mass is 420 g/mol. The van der Waals surface area contributed by atoms with E-state index in [9.17, 15) is 4.79 Å². The molecule has 0 atom stereocenters. The molecule has 2 nitrogen and oxygen atoms in total. The molecule has 0 aromatic heterocycles. The molecule has 2 heteroatoms. The van der Waals surface area contributed by atoms with Crippen molar-refractivity contribution in [3.05, 3.63) is 23.3 Å². The van der Waals surface area contributed by atoms with Gasteiger partial charge in [-0.3, -0.25) is 4.79 Å². The number of rotatable bonds is 21. The third-order valence-electron chi connectivity index (χ3n) is 5.75. The smallest absolute Gasteiger partial charge is 0.306 e. The Hall–Kier alpha value is -1.05. The molecule has 0 saturated carbocycles. The third-order valence-corrected chi connectivity index (χ3v) is 5.75. The summed E-state index contributed by atoms with van der Waals surface area (Å²) in [6.07, 6.45) is 27.2.